The van der Waals surface area contributed by atoms with Gasteiger partial charge in [0.15, 0.2) is 0 Å². The van der Waals surface area contributed by atoms with Crippen molar-refractivity contribution in [1.29, 1.82) is 0 Å². The van der Waals surface area contributed by atoms with Crippen molar-refractivity contribution in [3.05, 3.63) is 57.8 Å². The first-order chi connectivity index (χ1) is 12.1. The Kier molecular flexibility index (Phi) is 3.63. The highest BCUT2D eigenvalue weighted by Crippen LogP contribution is 2.43. The van der Waals surface area contributed by atoms with Gasteiger partial charge in [-0.3, -0.25) is 4.79 Å². The van der Waals surface area contributed by atoms with Gasteiger partial charge in [-0.2, -0.15) is 5.10 Å². The van der Waals surface area contributed by atoms with Gasteiger partial charge in [-0.05, 0) is 44.0 Å². The number of H-pyrrole nitrogens is 1. The van der Waals surface area contributed by atoms with Crippen LogP contribution in [0.5, 0.6) is 0 Å². The minimum atomic E-state index is -0.542. The minimum absolute atomic E-state index is 0.218. The van der Waals surface area contributed by atoms with Crippen LogP contribution in [0.25, 0.3) is 16.7 Å². The lowest BCUT2D eigenvalue weighted by Gasteiger charge is -2.05. The van der Waals surface area contributed by atoms with Crippen molar-refractivity contribution in [2.45, 2.75) is 25.7 Å². The molecule has 2 aromatic heterocycles. The molecule has 0 unspecified atom stereocenters. The Morgan fingerprint density at radius 2 is 2.08 bits per heavy atom. The Balaban J connectivity index is 2.01. The van der Waals surface area contributed by atoms with Crippen LogP contribution in [-0.2, 0) is 4.74 Å². The maximum atomic E-state index is 13.2. The van der Waals surface area contributed by atoms with E-state index < -0.39 is 11.5 Å². The zero-order chi connectivity index (χ0) is 17.6. The van der Waals surface area contributed by atoms with Crippen molar-refractivity contribution < 1.29 is 13.9 Å². The number of halogens is 1. The number of hydrogen-bond donors (Lipinski definition) is 1. The molecule has 25 heavy (non-hydrogen) atoms. The predicted molar refractivity (Wildman–Crippen MR) is 89.6 cm³/mol. The van der Waals surface area contributed by atoms with E-state index in [1.807, 2.05) is 0 Å². The first-order valence-electron chi connectivity index (χ1n) is 8.17. The molecule has 0 amide bonds. The lowest BCUT2D eigenvalue weighted by atomic mass is 10.1. The number of ether oxygens (including phenoxy) is 1. The molecule has 4 rings (SSSR count). The molecule has 6 nitrogen and oxygen atoms in total. The third kappa shape index (κ3) is 2.71. The second-order valence-electron chi connectivity index (χ2n) is 6.04. The molecule has 0 aliphatic heterocycles. The monoisotopic (exact) mass is 341 g/mol. The molecule has 1 aliphatic carbocycles. The number of hydrogen-bond acceptors (Lipinski definition) is 4. The van der Waals surface area contributed by atoms with Crippen LogP contribution in [0.1, 0.15) is 41.7 Å². The number of carbonyl (C=O) groups is 1. The second-order valence-corrected chi connectivity index (χ2v) is 6.04. The van der Waals surface area contributed by atoms with E-state index in [0.717, 1.165) is 18.5 Å². The Hall–Kier alpha value is -2.96. The van der Waals surface area contributed by atoms with Crippen molar-refractivity contribution in [3.63, 3.8) is 0 Å². The molecule has 1 saturated carbocycles. The molecule has 128 valence electrons. The Bertz CT molecular complexity index is 1020. The number of aromatic amines is 1. The lowest BCUT2D eigenvalue weighted by Crippen LogP contribution is -2.14. The Morgan fingerprint density at radius 1 is 1.36 bits per heavy atom. The summed E-state index contributed by atoms with van der Waals surface area (Å²) in [5.74, 6) is -0.647. The summed E-state index contributed by atoms with van der Waals surface area (Å²) in [4.78, 5) is 27.2. The van der Waals surface area contributed by atoms with Gasteiger partial charge in [-0.25, -0.2) is 13.9 Å². The van der Waals surface area contributed by atoms with Gasteiger partial charge in [0.1, 0.15) is 11.5 Å². The van der Waals surface area contributed by atoms with Crippen LogP contribution in [0, 0.1) is 5.82 Å². The number of esters is 1. The van der Waals surface area contributed by atoms with Crippen molar-refractivity contribution in [3.8, 4) is 5.69 Å². The fourth-order valence-corrected chi connectivity index (χ4v) is 2.95. The van der Waals surface area contributed by atoms with Gasteiger partial charge in [-0.1, -0.05) is 0 Å². The molecule has 0 saturated heterocycles. The summed E-state index contributed by atoms with van der Waals surface area (Å²) in [6, 6.07) is 7.06. The first kappa shape index (κ1) is 15.6. The summed E-state index contributed by atoms with van der Waals surface area (Å²) < 4.78 is 19.9. The smallest absolute Gasteiger partial charge is 0.339 e. The molecule has 0 radical (unpaired) electrons. The lowest BCUT2D eigenvalue weighted by molar-refractivity contribution is 0.0528. The molecule has 1 aliphatic rings. The predicted octanol–water partition coefficient (Wildman–Crippen LogP) is 2.91. The van der Waals surface area contributed by atoms with Gasteiger partial charge in [0.05, 0.1) is 28.9 Å². The maximum absolute atomic E-state index is 13.2. The van der Waals surface area contributed by atoms with Crippen molar-refractivity contribution >= 4 is 17.0 Å². The SMILES string of the molecule is CCOC(=O)c1cc(=O)[nH]c2c1c(C1CC1)nn2-c1ccc(F)cc1. The first-order valence-corrected chi connectivity index (χ1v) is 8.17. The van der Waals surface area contributed by atoms with E-state index in [4.69, 9.17) is 4.74 Å². The highest BCUT2D eigenvalue weighted by Gasteiger charge is 2.32. The van der Waals surface area contributed by atoms with E-state index in [9.17, 15) is 14.0 Å². The fraction of sp³-hybridized carbons (Fsp3) is 0.278. The number of rotatable bonds is 4. The average Bonchev–Trinajstić information content (AvgIpc) is 3.37. The third-order valence-electron chi connectivity index (χ3n) is 4.23. The van der Waals surface area contributed by atoms with Crippen LogP contribution in [0.2, 0.25) is 0 Å². The summed E-state index contributed by atoms with van der Waals surface area (Å²) in [5.41, 5.74) is 1.59. The maximum Gasteiger partial charge on any atom is 0.339 e. The summed E-state index contributed by atoms with van der Waals surface area (Å²) in [6.45, 7) is 1.93. The molecule has 1 N–H and O–H groups in total. The topological polar surface area (TPSA) is 77.0 Å². The Labute approximate surface area is 142 Å². The van der Waals surface area contributed by atoms with E-state index >= 15 is 0 Å². The van der Waals surface area contributed by atoms with Crippen molar-refractivity contribution in [2.24, 2.45) is 0 Å². The van der Waals surface area contributed by atoms with Crippen LogP contribution in [0.4, 0.5) is 4.39 Å². The van der Waals surface area contributed by atoms with E-state index in [1.165, 1.54) is 18.2 Å². The number of nitrogens with zero attached hydrogens (tertiary/aromatic N) is 2. The summed E-state index contributed by atoms with van der Waals surface area (Å²) in [7, 11) is 0. The van der Waals surface area contributed by atoms with Gasteiger partial charge in [0.25, 0.3) is 0 Å². The van der Waals surface area contributed by atoms with Crippen LogP contribution >= 0.6 is 0 Å². The van der Waals surface area contributed by atoms with E-state index in [-0.39, 0.29) is 23.9 Å². The molecular weight excluding hydrogens is 325 g/mol. The van der Waals surface area contributed by atoms with Gasteiger partial charge in [0.2, 0.25) is 5.56 Å². The van der Waals surface area contributed by atoms with Gasteiger partial charge >= 0.3 is 5.97 Å². The minimum Gasteiger partial charge on any atom is -0.462 e. The number of pyridine rings is 1. The molecule has 7 heteroatoms. The second kappa shape index (κ2) is 5.84. The van der Waals surface area contributed by atoms with Gasteiger partial charge in [-0.15, -0.1) is 0 Å². The highest BCUT2D eigenvalue weighted by atomic mass is 19.1. The van der Waals surface area contributed by atoms with Crippen molar-refractivity contribution in [1.82, 2.24) is 14.8 Å². The van der Waals surface area contributed by atoms with E-state index in [0.29, 0.717) is 16.7 Å². The van der Waals surface area contributed by atoms with Crippen LogP contribution < -0.4 is 5.56 Å². The molecule has 0 spiro atoms. The summed E-state index contributed by atoms with van der Waals surface area (Å²) in [6.07, 6.45) is 1.97. The molecule has 1 fully saturated rings. The van der Waals surface area contributed by atoms with E-state index in [1.54, 1.807) is 23.7 Å². The molecule has 0 bridgehead atoms. The molecule has 3 aromatic rings. The van der Waals surface area contributed by atoms with Crippen LogP contribution in [0.3, 0.4) is 0 Å². The molecule has 1 aromatic carbocycles. The summed E-state index contributed by atoms with van der Waals surface area (Å²) in [5, 5.41) is 5.21. The standard InChI is InChI=1S/C18H16FN3O3/c1-2-25-18(24)13-9-14(23)20-17-15(13)16(10-3-4-10)21-22(17)12-7-5-11(19)6-8-12/h5-10H,2-4H2,1H3,(H,20,23). The zero-order valence-electron chi connectivity index (χ0n) is 13.6. The number of benzene rings is 1. The number of fused-ring (bicyclic) bond motifs is 1. The van der Waals surface area contributed by atoms with E-state index in [2.05, 4.69) is 10.1 Å². The number of carbonyl (C=O) groups excluding carboxylic acids is 1. The highest BCUT2D eigenvalue weighted by molar-refractivity contribution is 6.04. The third-order valence-corrected chi connectivity index (χ3v) is 4.23. The molecule has 0 atom stereocenters. The molecular formula is C18H16FN3O3. The molecule has 2 heterocycles. The fourth-order valence-electron chi connectivity index (χ4n) is 2.95. The Morgan fingerprint density at radius 3 is 2.72 bits per heavy atom. The summed E-state index contributed by atoms with van der Waals surface area (Å²) >= 11 is 0. The quantitative estimate of drug-likeness (QED) is 0.740. The van der Waals surface area contributed by atoms with Gasteiger partial charge < -0.3 is 9.72 Å². The normalized spacial score (nSPS) is 14.0. The van der Waals surface area contributed by atoms with Gasteiger partial charge in [0, 0.05) is 12.0 Å². The largest absolute Gasteiger partial charge is 0.462 e. The van der Waals surface area contributed by atoms with Crippen molar-refractivity contribution in [2.75, 3.05) is 6.61 Å². The number of aromatic nitrogens is 3. The number of nitrogens with one attached hydrogen (secondary N) is 1. The van der Waals surface area contributed by atoms with Crippen LogP contribution in [-0.4, -0.2) is 27.3 Å². The van der Waals surface area contributed by atoms with Crippen LogP contribution in [0.15, 0.2) is 35.1 Å². The average molecular weight is 341 g/mol. The zero-order valence-corrected chi connectivity index (χ0v) is 13.6.